The SMILES string of the molecule is Cc1cccc(C)c1NP(=O)(c1ccccc1)c1ccccc1.Cc1cccc(C)c1NP(=O)(c1ccccc1)c1ccccc1. The number of aryl methyl sites for hydroxylation is 4. The summed E-state index contributed by atoms with van der Waals surface area (Å²) in [4.78, 5) is 0. The third kappa shape index (κ3) is 7.26. The molecule has 0 aliphatic rings. The molecule has 0 aliphatic carbocycles. The van der Waals surface area contributed by atoms with Crippen molar-refractivity contribution < 1.29 is 9.13 Å². The van der Waals surface area contributed by atoms with Crippen LogP contribution in [0.4, 0.5) is 11.4 Å². The van der Waals surface area contributed by atoms with Crippen LogP contribution >= 0.6 is 14.6 Å². The van der Waals surface area contributed by atoms with Gasteiger partial charge in [0.05, 0.1) is 0 Å². The molecule has 232 valence electrons. The molecular weight excluding hydrogens is 602 g/mol. The van der Waals surface area contributed by atoms with Crippen molar-refractivity contribution in [1.82, 2.24) is 0 Å². The topological polar surface area (TPSA) is 58.2 Å². The van der Waals surface area contributed by atoms with Crippen LogP contribution in [0.5, 0.6) is 0 Å². The van der Waals surface area contributed by atoms with Crippen molar-refractivity contribution in [3.05, 3.63) is 180 Å². The van der Waals surface area contributed by atoms with Crippen molar-refractivity contribution in [2.75, 3.05) is 10.2 Å². The summed E-state index contributed by atoms with van der Waals surface area (Å²) in [5.74, 6) is 0. The predicted molar refractivity (Wildman–Crippen MR) is 199 cm³/mol. The molecule has 2 N–H and O–H groups in total. The Morgan fingerprint density at radius 2 is 0.543 bits per heavy atom. The molecule has 0 fully saturated rings. The summed E-state index contributed by atoms with van der Waals surface area (Å²) in [5, 5.41) is 10.0. The number of rotatable bonds is 8. The smallest absolute Gasteiger partial charge is 0.227 e. The molecule has 6 aromatic carbocycles. The van der Waals surface area contributed by atoms with Gasteiger partial charge in [0, 0.05) is 32.6 Å². The average molecular weight is 643 g/mol. The van der Waals surface area contributed by atoms with Gasteiger partial charge in [-0.1, -0.05) is 109 Å². The molecule has 6 rings (SSSR count). The molecule has 6 heteroatoms. The summed E-state index contributed by atoms with van der Waals surface area (Å²) in [6, 6.07) is 50.8. The molecule has 0 saturated heterocycles. The minimum atomic E-state index is -2.95. The number of hydrogen-bond donors (Lipinski definition) is 2. The first-order chi connectivity index (χ1) is 22.2. The highest BCUT2D eigenvalue weighted by molar-refractivity contribution is 7.80. The summed E-state index contributed by atoms with van der Waals surface area (Å²) in [6.45, 7) is 8.15. The molecule has 0 radical (unpaired) electrons. The second kappa shape index (κ2) is 14.6. The van der Waals surface area contributed by atoms with E-state index in [0.717, 1.165) is 54.8 Å². The molecule has 0 spiro atoms. The molecule has 0 aromatic heterocycles. The van der Waals surface area contributed by atoms with E-state index in [1.807, 2.05) is 185 Å². The average Bonchev–Trinajstić information content (AvgIpc) is 3.10. The van der Waals surface area contributed by atoms with Gasteiger partial charge in [-0.05, 0) is 98.5 Å². The van der Waals surface area contributed by atoms with Crippen molar-refractivity contribution in [3.63, 3.8) is 0 Å². The van der Waals surface area contributed by atoms with E-state index in [-0.39, 0.29) is 0 Å². The fourth-order valence-corrected chi connectivity index (χ4v) is 10.2. The number of nitrogens with one attached hydrogen (secondary N) is 2. The monoisotopic (exact) mass is 642 g/mol. The summed E-state index contributed by atoms with van der Waals surface area (Å²) in [6.07, 6.45) is 0. The predicted octanol–water partition coefficient (Wildman–Crippen LogP) is 9.29. The fourth-order valence-electron chi connectivity index (χ4n) is 5.40. The van der Waals surface area contributed by atoms with E-state index in [1.165, 1.54) is 0 Å². The van der Waals surface area contributed by atoms with Gasteiger partial charge in [-0.3, -0.25) is 9.13 Å². The number of hydrogen-bond acceptors (Lipinski definition) is 2. The van der Waals surface area contributed by atoms with Crippen LogP contribution in [0.3, 0.4) is 0 Å². The number of benzene rings is 6. The lowest BCUT2D eigenvalue weighted by Crippen LogP contribution is -2.22. The Kier molecular flexibility index (Phi) is 10.4. The second-order valence-corrected chi connectivity index (χ2v) is 16.3. The van der Waals surface area contributed by atoms with Crippen LogP contribution in [-0.4, -0.2) is 0 Å². The van der Waals surface area contributed by atoms with Crippen LogP contribution in [0.25, 0.3) is 0 Å². The van der Waals surface area contributed by atoms with Crippen molar-refractivity contribution in [2.24, 2.45) is 0 Å². The molecule has 0 heterocycles. The lowest BCUT2D eigenvalue weighted by molar-refractivity contribution is 0.589. The van der Waals surface area contributed by atoms with Crippen LogP contribution in [0.2, 0.25) is 0 Å². The highest BCUT2D eigenvalue weighted by atomic mass is 31.2. The van der Waals surface area contributed by atoms with Gasteiger partial charge in [-0.15, -0.1) is 0 Å². The van der Waals surface area contributed by atoms with E-state index in [9.17, 15) is 9.13 Å². The van der Waals surface area contributed by atoms with Crippen LogP contribution in [-0.2, 0) is 9.13 Å². The minimum absolute atomic E-state index is 0.814. The van der Waals surface area contributed by atoms with E-state index in [1.54, 1.807) is 0 Å². The quantitative estimate of drug-likeness (QED) is 0.163. The normalized spacial score (nSPS) is 11.2. The molecule has 0 amide bonds. The van der Waals surface area contributed by atoms with Crippen LogP contribution < -0.4 is 31.4 Å². The lowest BCUT2D eigenvalue weighted by Gasteiger charge is -2.24. The maximum atomic E-state index is 14.0. The summed E-state index contributed by atoms with van der Waals surface area (Å²) in [5.41, 5.74) is 6.27. The standard InChI is InChI=1S/2C20H20NOP/c2*1-16-10-9-11-17(2)20(16)21-23(22,18-12-5-3-6-13-18)19-14-7-4-8-15-19/h2*3-15H,1-2H3,(H,21,22). The van der Waals surface area contributed by atoms with Crippen molar-refractivity contribution in [2.45, 2.75) is 27.7 Å². The zero-order valence-electron chi connectivity index (χ0n) is 26.7. The van der Waals surface area contributed by atoms with Gasteiger partial charge in [-0.25, -0.2) is 0 Å². The molecule has 0 atom stereocenters. The largest absolute Gasteiger partial charge is 0.329 e. The summed E-state index contributed by atoms with van der Waals surface area (Å²) >= 11 is 0. The van der Waals surface area contributed by atoms with Gasteiger partial charge in [0.15, 0.2) is 0 Å². The zero-order valence-corrected chi connectivity index (χ0v) is 28.5. The van der Waals surface area contributed by atoms with Crippen molar-refractivity contribution in [3.8, 4) is 0 Å². The van der Waals surface area contributed by atoms with Gasteiger partial charge < -0.3 is 10.2 Å². The van der Waals surface area contributed by atoms with E-state index in [4.69, 9.17) is 0 Å². The number of anilines is 2. The zero-order chi connectivity index (χ0) is 32.6. The fraction of sp³-hybridized carbons (Fsp3) is 0.100. The van der Waals surface area contributed by atoms with Gasteiger partial charge in [0.2, 0.25) is 14.6 Å². The van der Waals surface area contributed by atoms with E-state index in [0.29, 0.717) is 0 Å². The van der Waals surface area contributed by atoms with Crippen LogP contribution in [0.15, 0.2) is 158 Å². The van der Waals surface area contributed by atoms with E-state index >= 15 is 0 Å². The first-order valence-corrected chi connectivity index (χ1v) is 18.8. The lowest BCUT2D eigenvalue weighted by atomic mass is 10.1. The molecule has 6 aromatic rings. The molecule has 0 saturated carbocycles. The second-order valence-electron chi connectivity index (χ2n) is 11.3. The third-order valence-corrected chi connectivity index (χ3v) is 13.2. The Labute approximate surface area is 273 Å². The van der Waals surface area contributed by atoms with Gasteiger partial charge in [0.25, 0.3) is 0 Å². The van der Waals surface area contributed by atoms with Gasteiger partial charge in [-0.2, -0.15) is 0 Å². The first-order valence-electron chi connectivity index (χ1n) is 15.3. The maximum Gasteiger partial charge on any atom is 0.227 e. The highest BCUT2D eigenvalue weighted by Gasteiger charge is 2.29. The summed E-state index contributed by atoms with van der Waals surface area (Å²) in [7, 11) is -5.90. The highest BCUT2D eigenvalue weighted by Crippen LogP contribution is 2.46. The van der Waals surface area contributed by atoms with E-state index < -0.39 is 14.6 Å². The van der Waals surface area contributed by atoms with Crippen molar-refractivity contribution >= 4 is 47.2 Å². The van der Waals surface area contributed by atoms with Crippen LogP contribution in [0.1, 0.15) is 22.3 Å². The molecule has 0 bridgehead atoms. The van der Waals surface area contributed by atoms with E-state index in [2.05, 4.69) is 10.2 Å². The Morgan fingerprint density at radius 3 is 0.761 bits per heavy atom. The van der Waals surface area contributed by atoms with Crippen LogP contribution in [0, 0.1) is 27.7 Å². The Hall–Kier alpha value is -4.62. The molecule has 46 heavy (non-hydrogen) atoms. The summed E-state index contributed by atoms with van der Waals surface area (Å²) < 4.78 is 28.0. The molecule has 4 nitrogen and oxygen atoms in total. The minimum Gasteiger partial charge on any atom is -0.329 e. The molecule has 0 unspecified atom stereocenters. The first kappa shape index (κ1) is 32.8. The van der Waals surface area contributed by atoms with Gasteiger partial charge >= 0.3 is 0 Å². The molecular formula is C40H40N2O2P2. The Bertz CT molecular complexity index is 1710. The Morgan fingerprint density at radius 1 is 0.326 bits per heavy atom. The Balaban J connectivity index is 0.000000181. The van der Waals surface area contributed by atoms with Gasteiger partial charge in [0.1, 0.15) is 0 Å². The maximum absolute atomic E-state index is 14.0. The number of para-hydroxylation sites is 2. The van der Waals surface area contributed by atoms with Crippen molar-refractivity contribution in [1.29, 1.82) is 0 Å². The third-order valence-electron chi connectivity index (χ3n) is 7.98. The molecule has 0 aliphatic heterocycles.